The Balaban J connectivity index is 2.15. The standard InChI is InChI=1S/C17H17IN2O5/c1-23-11-4-5-12(14(8-11)24-2)17(22)20-19-9-10-6-13(18)16(21)15(7-10)25-3/h4-9,21H,1-3H3,(H,20,22)/b19-9-. The molecule has 0 fully saturated rings. The molecule has 0 radical (unpaired) electrons. The summed E-state index contributed by atoms with van der Waals surface area (Å²) >= 11 is 1.98. The zero-order valence-corrected chi connectivity index (χ0v) is 16.0. The van der Waals surface area contributed by atoms with E-state index in [4.69, 9.17) is 14.2 Å². The molecule has 132 valence electrons. The van der Waals surface area contributed by atoms with Gasteiger partial charge in [-0.15, -0.1) is 0 Å². The van der Waals surface area contributed by atoms with Crippen LogP contribution in [0, 0.1) is 3.57 Å². The van der Waals surface area contributed by atoms with Crippen molar-refractivity contribution >= 4 is 34.7 Å². The maximum Gasteiger partial charge on any atom is 0.275 e. The van der Waals surface area contributed by atoms with Crippen LogP contribution in [0.5, 0.6) is 23.0 Å². The molecule has 0 bridgehead atoms. The summed E-state index contributed by atoms with van der Waals surface area (Å²) in [6.07, 6.45) is 1.46. The van der Waals surface area contributed by atoms with E-state index in [-0.39, 0.29) is 5.75 Å². The molecule has 2 rings (SSSR count). The Hall–Kier alpha value is -2.49. The van der Waals surface area contributed by atoms with E-state index in [2.05, 4.69) is 10.5 Å². The van der Waals surface area contributed by atoms with Crippen molar-refractivity contribution in [3.05, 3.63) is 45.0 Å². The van der Waals surface area contributed by atoms with Crippen LogP contribution in [0.25, 0.3) is 0 Å². The van der Waals surface area contributed by atoms with Crippen molar-refractivity contribution in [3.8, 4) is 23.0 Å². The third-order valence-corrected chi connectivity index (χ3v) is 4.13. The second kappa shape index (κ2) is 8.56. The van der Waals surface area contributed by atoms with E-state index < -0.39 is 5.91 Å². The molecular weight excluding hydrogens is 439 g/mol. The largest absolute Gasteiger partial charge is 0.504 e. The smallest absolute Gasteiger partial charge is 0.275 e. The minimum absolute atomic E-state index is 0.0623. The summed E-state index contributed by atoms with van der Waals surface area (Å²) in [5.74, 6) is 0.940. The molecule has 0 aromatic heterocycles. The number of phenols is 1. The number of amides is 1. The van der Waals surface area contributed by atoms with Crippen LogP contribution in [0.1, 0.15) is 15.9 Å². The number of ether oxygens (including phenoxy) is 3. The number of carbonyl (C=O) groups is 1. The third kappa shape index (κ3) is 4.53. The number of nitrogens with zero attached hydrogens (tertiary/aromatic N) is 1. The summed E-state index contributed by atoms with van der Waals surface area (Å²) in [6, 6.07) is 8.19. The van der Waals surface area contributed by atoms with E-state index in [1.54, 1.807) is 30.3 Å². The van der Waals surface area contributed by atoms with Crippen molar-refractivity contribution in [2.75, 3.05) is 21.3 Å². The number of phenolic OH excluding ortho intramolecular Hbond substituents is 1. The predicted molar refractivity (Wildman–Crippen MR) is 102 cm³/mol. The Kier molecular flexibility index (Phi) is 6.45. The lowest BCUT2D eigenvalue weighted by Gasteiger charge is -2.09. The van der Waals surface area contributed by atoms with Gasteiger partial charge in [0, 0.05) is 6.07 Å². The fraction of sp³-hybridized carbons (Fsp3) is 0.176. The molecule has 0 aliphatic carbocycles. The lowest BCUT2D eigenvalue weighted by molar-refractivity contribution is 0.0952. The molecule has 0 spiro atoms. The quantitative estimate of drug-likeness (QED) is 0.397. The van der Waals surface area contributed by atoms with Crippen molar-refractivity contribution in [1.82, 2.24) is 5.43 Å². The Morgan fingerprint density at radius 1 is 1.12 bits per heavy atom. The number of halogens is 1. The van der Waals surface area contributed by atoms with Gasteiger partial charge in [0.25, 0.3) is 5.91 Å². The minimum atomic E-state index is -0.420. The minimum Gasteiger partial charge on any atom is -0.504 e. The summed E-state index contributed by atoms with van der Waals surface area (Å²) < 4.78 is 16.0. The molecule has 7 nitrogen and oxygen atoms in total. The Bertz CT molecular complexity index is 808. The Morgan fingerprint density at radius 3 is 2.48 bits per heavy atom. The van der Waals surface area contributed by atoms with Crippen LogP contribution >= 0.6 is 22.6 Å². The van der Waals surface area contributed by atoms with Crippen molar-refractivity contribution < 1.29 is 24.1 Å². The van der Waals surface area contributed by atoms with E-state index in [9.17, 15) is 9.90 Å². The number of methoxy groups -OCH3 is 3. The first-order valence-corrected chi connectivity index (χ1v) is 8.20. The number of rotatable bonds is 6. The molecule has 0 saturated heterocycles. The highest BCUT2D eigenvalue weighted by molar-refractivity contribution is 14.1. The number of benzene rings is 2. The Morgan fingerprint density at radius 2 is 1.84 bits per heavy atom. The highest BCUT2D eigenvalue weighted by Crippen LogP contribution is 2.31. The highest BCUT2D eigenvalue weighted by atomic mass is 127. The van der Waals surface area contributed by atoms with E-state index in [1.165, 1.54) is 27.5 Å². The van der Waals surface area contributed by atoms with Crippen LogP contribution in [0.4, 0.5) is 0 Å². The van der Waals surface area contributed by atoms with E-state index in [0.29, 0.717) is 31.9 Å². The van der Waals surface area contributed by atoms with Crippen molar-refractivity contribution in [2.45, 2.75) is 0 Å². The van der Waals surface area contributed by atoms with Gasteiger partial charge in [0.15, 0.2) is 11.5 Å². The molecule has 25 heavy (non-hydrogen) atoms. The molecule has 0 atom stereocenters. The van der Waals surface area contributed by atoms with E-state index in [0.717, 1.165) is 0 Å². The summed E-state index contributed by atoms with van der Waals surface area (Å²) in [6.45, 7) is 0. The van der Waals surface area contributed by atoms with Crippen LogP contribution in [0.15, 0.2) is 35.4 Å². The average molecular weight is 456 g/mol. The monoisotopic (exact) mass is 456 g/mol. The highest BCUT2D eigenvalue weighted by Gasteiger charge is 2.13. The molecule has 2 N–H and O–H groups in total. The summed E-state index contributed by atoms with van der Waals surface area (Å²) in [7, 11) is 4.47. The number of hydrogen-bond donors (Lipinski definition) is 2. The molecule has 2 aromatic carbocycles. The van der Waals surface area contributed by atoms with Crippen LogP contribution < -0.4 is 19.6 Å². The Labute approximate surface area is 158 Å². The number of hydrogen-bond acceptors (Lipinski definition) is 6. The lowest BCUT2D eigenvalue weighted by atomic mass is 10.2. The zero-order valence-electron chi connectivity index (χ0n) is 13.9. The summed E-state index contributed by atoms with van der Waals surface area (Å²) in [5, 5.41) is 13.7. The van der Waals surface area contributed by atoms with Crippen molar-refractivity contribution in [3.63, 3.8) is 0 Å². The van der Waals surface area contributed by atoms with Crippen LogP contribution in [-0.4, -0.2) is 38.6 Å². The van der Waals surface area contributed by atoms with Crippen molar-refractivity contribution in [1.29, 1.82) is 0 Å². The first-order chi connectivity index (χ1) is 12.0. The summed E-state index contributed by atoms with van der Waals surface area (Å²) in [4.78, 5) is 12.2. The SMILES string of the molecule is COc1ccc(C(=O)N/N=C\c2cc(I)c(O)c(OC)c2)c(OC)c1. The van der Waals surface area contributed by atoms with Crippen LogP contribution in [0.3, 0.4) is 0 Å². The van der Waals surface area contributed by atoms with Gasteiger partial charge in [-0.05, 0) is 52.4 Å². The zero-order chi connectivity index (χ0) is 18.4. The normalized spacial score (nSPS) is 10.6. The van der Waals surface area contributed by atoms with Gasteiger partial charge in [-0.1, -0.05) is 0 Å². The number of aromatic hydroxyl groups is 1. The van der Waals surface area contributed by atoms with Gasteiger partial charge in [0.2, 0.25) is 0 Å². The molecule has 0 aliphatic rings. The average Bonchev–Trinajstić information content (AvgIpc) is 2.63. The fourth-order valence-corrected chi connectivity index (χ4v) is 2.66. The molecule has 8 heteroatoms. The predicted octanol–water partition coefficient (Wildman–Crippen LogP) is 2.79. The van der Waals surface area contributed by atoms with Gasteiger partial charge in [-0.3, -0.25) is 4.79 Å². The first kappa shape index (κ1) is 18.8. The molecular formula is C17H17IN2O5. The lowest BCUT2D eigenvalue weighted by Crippen LogP contribution is -2.18. The van der Waals surface area contributed by atoms with Gasteiger partial charge in [0.1, 0.15) is 11.5 Å². The molecule has 2 aromatic rings. The second-order valence-corrected chi connectivity index (χ2v) is 5.98. The van der Waals surface area contributed by atoms with Crippen molar-refractivity contribution in [2.24, 2.45) is 5.10 Å². The number of carbonyl (C=O) groups excluding carboxylic acids is 1. The van der Waals surface area contributed by atoms with E-state index in [1.807, 2.05) is 22.6 Å². The molecule has 1 amide bonds. The fourth-order valence-electron chi connectivity index (χ4n) is 2.04. The molecule has 0 aliphatic heterocycles. The van der Waals surface area contributed by atoms with Gasteiger partial charge in [-0.25, -0.2) is 5.43 Å². The van der Waals surface area contributed by atoms with Gasteiger partial charge < -0.3 is 19.3 Å². The topological polar surface area (TPSA) is 89.4 Å². The molecule has 0 heterocycles. The molecule has 0 saturated carbocycles. The first-order valence-electron chi connectivity index (χ1n) is 7.12. The number of nitrogens with one attached hydrogen (secondary N) is 1. The number of hydrazone groups is 1. The van der Waals surface area contributed by atoms with E-state index >= 15 is 0 Å². The van der Waals surface area contributed by atoms with Gasteiger partial charge in [-0.2, -0.15) is 5.10 Å². The van der Waals surface area contributed by atoms with Crippen LogP contribution in [-0.2, 0) is 0 Å². The summed E-state index contributed by atoms with van der Waals surface area (Å²) in [5.41, 5.74) is 3.43. The third-order valence-electron chi connectivity index (χ3n) is 3.30. The maximum absolute atomic E-state index is 12.2. The van der Waals surface area contributed by atoms with Gasteiger partial charge >= 0.3 is 0 Å². The molecule has 0 unspecified atom stereocenters. The second-order valence-electron chi connectivity index (χ2n) is 4.82. The van der Waals surface area contributed by atoms with Gasteiger partial charge in [0.05, 0.1) is 36.7 Å². The van der Waals surface area contributed by atoms with Crippen LogP contribution in [0.2, 0.25) is 0 Å². The maximum atomic E-state index is 12.2.